The topological polar surface area (TPSA) is 99.8 Å². The fourth-order valence-corrected chi connectivity index (χ4v) is 3.86. The van der Waals surface area contributed by atoms with Gasteiger partial charge in [-0.1, -0.05) is 36.4 Å². The molecule has 36 heavy (non-hydrogen) atoms. The summed E-state index contributed by atoms with van der Waals surface area (Å²) in [6.07, 6.45) is 1.07. The maximum atomic E-state index is 12.7. The number of nitrogens with zero attached hydrogens (tertiary/aromatic N) is 1. The van der Waals surface area contributed by atoms with Crippen LogP contribution in [0.2, 0.25) is 0 Å². The normalized spacial score (nSPS) is 13.1. The zero-order chi connectivity index (χ0) is 25.2. The fraction of sp³-hybridized carbons (Fsp3) is 0.250. The van der Waals surface area contributed by atoms with Crippen LogP contribution in [0, 0.1) is 0 Å². The second-order valence-electron chi connectivity index (χ2n) is 8.50. The van der Waals surface area contributed by atoms with Crippen molar-refractivity contribution in [1.29, 1.82) is 0 Å². The molecular formula is C28H30N4O4. The molecule has 1 heterocycles. The van der Waals surface area contributed by atoms with Gasteiger partial charge in [-0.15, -0.1) is 0 Å². The second-order valence-corrected chi connectivity index (χ2v) is 8.50. The van der Waals surface area contributed by atoms with Crippen LogP contribution in [0.5, 0.6) is 0 Å². The van der Waals surface area contributed by atoms with Gasteiger partial charge in [0.2, 0.25) is 11.8 Å². The molecule has 0 radical (unpaired) electrons. The Morgan fingerprint density at radius 2 is 1.42 bits per heavy atom. The summed E-state index contributed by atoms with van der Waals surface area (Å²) in [6.45, 7) is 2.30. The zero-order valence-electron chi connectivity index (χ0n) is 20.0. The van der Waals surface area contributed by atoms with Crippen LogP contribution in [0.3, 0.4) is 0 Å². The van der Waals surface area contributed by atoms with Crippen molar-refractivity contribution in [2.45, 2.75) is 12.8 Å². The first-order valence-corrected chi connectivity index (χ1v) is 12.0. The van der Waals surface area contributed by atoms with Gasteiger partial charge in [0.25, 0.3) is 5.91 Å². The minimum absolute atomic E-state index is 0.0429. The Morgan fingerprint density at radius 1 is 0.750 bits per heavy atom. The largest absolute Gasteiger partial charge is 0.378 e. The van der Waals surface area contributed by atoms with Crippen LogP contribution in [0.15, 0.2) is 78.9 Å². The number of carbonyl (C=O) groups is 3. The average molecular weight is 487 g/mol. The summed E-state index contributed by atoms with van der Waals surface area (Å²) < 4.78 is 5.30. The van der Waals surface area contributed by atoms with Crippen molar-refractivity contribution in [3.8, 4) is 0 Å². The van der Waals surface area contributed by atoms with Gasteiger partial charge in [0.05, 0.1) is 19.8 Å². The third-order valence-electron chi connectivity index (χ3n) is 5.80. The quantitative estimate of drug-likeness (QED) is 0.428. The molecular weight excluding hydrogens is 456 g/mol. The summed E-state index contributed by atoms with van der Waals surface area (Å²) in [5.74, 6) is -0.327. The van der Waals surface area contributed by atoms with E-state index >= 15 is 0 Å². The van der Waals surface area contributed by atoms with Gasteiger partial charge in [0.1, 0.15) is 0 Å². The molecule has 186 valence electrons. The summed E-state index contributed by atoms with van der Waals surface area (Å²) in [5, 5.41) is 8.76. The highest BCUT2D eigenvalue weighted by molar-refractivity contribution is 5.96. The van der Waals surface area contributed by atoms with Crippen molar-refractivity contribution < 1.29 is 19.1 Å². The number of nitrogens with one attached hydrogen (secondary N) is 3. The molecule has 8 heteroatoms. The highest BCUT2D eigenvalue weighted by atomic mass is 16.5. The Hall–Kier alpha value is -4.17. The third kappa shape index (κ3) is 7.41. The summed E-state index contributed by atoms with van der Waals surface area (Å²) in [6, 6.07) is 24.0. The maximum Gasteiger partial charge on any atom is 0.254 e. The van der Waals surface area contributed by atoms with Gasteiger partial charge in [0, 0.05) is 42.1 Å². The van der Waals surface area contributed by atoms with E-state index in [4.69, 9.17) is 4.74 Å². The van der Waals surface area contributed by atoms with Crippen LogP contribution in [0.4, 0.5) is 17.1 Å². The van der Waals surface area contributed by atoms with Gasteiger partial charge in [-0.2, -0.15) is 0 Å². The SMILES string of the molecule is O=C(CCc1ccccc1)Nc1ccc(NC(=O)CNc2cccc(C(=O)N3CCOCC3)c2)cc1. The van der Waals surface area contributed by atoms with Crippen molar-refractivity contribution in [3.05, 3.63) is 90.0 Å². The van der Waals surface area contributed by atoms with Crippen molar-refractivity contribution in [2.75, 3.05) is 48.8 Å². The van der Waals surface area contributed by atoms with E-state index in [1.54, 1.807) is 47.4 Å². The fourth-order valence-electron chi connectivity index (χ4n) is 3.86. The first-order chi connectivity index (χ1) is 17.6. The van der Waals surface area contributed by atoms with Crippen molar-refractivity contribution in [2.24, 2.45) is 0 Å². The number of morpholine rings is 1. The highest BCUT2D eigenvalue weighted by Gasteiger charge is 2.18. The first kappa shape index (κ1) is 24.9. The number of amides is 3. The second kappa shape index (κ2) is 12.5. The Morgan fingerprint density at radius 3 is 2.11 bits per heavy atom. The molecule has 3 aromatic rings. The van der Waals surface area contributed by atoms with E-state index in [9.17, 15) is 14.4 Å². The van der Waals surface area contributed by atoms with E-state index in [1.165, 1.54) is 0 Å². The van der Waals surface area contributed by atoms with Gasteiger partial charge in [-0.3, -0.25) is 14.4 Å². The average Bonchev–Trinajstić information content (AvgIpc) is 2.93. The first-order valence-electron chi connectivity index (χ1n) is 12.0. The van der Waals surface area contributed by atoms with Crippen LogP contribution in [-0.4, -0.2) is 55.5 Å². The molecule has 0 aromatic heterocycles. The molecule has 3 N–H and O–H groups in total. The van der Waals surface area contributed by atoms with Gasteiger partial charge in [0.15, 0.2) is 0 Å². The third-order valence-corrected chi connectivity index (χ3v) is 5.80. The molecule has 0 spiro atoms. The lowest BCUT2D eigenvalue weighted by Gasteiger charge is -2.27. The number of carbonyl (C=O) groups excluding carboxylic acids is 3. The van der Waals surface area contributed by atoms with E-state index < -0.39 is 0 Å². The van der Waals surface area contributed by atoms with Gasteiger partial charge >= 0.3 is 0 Å². The Bertz CT molecular complexity index is 1180. The summed E-state index contributed by atoms with van der Waals surface area (Å²) in [5.41, 5.74) is 3.68. The van der Waals surface area contributed by atoms with Crippen molar-refractivity contribution >= 4 is 34.8 Å². The highest BCUT2D eigenvalue weighted by Crippen LogP contribution is 2.16. The number of anilines is 3. The minimum atomic E-state index is -0.223. The lowest BCUT2D eigenvalue weighted by Crippen LogP contribution is -2.40. The summed E-state index contributed by atoms with van der Waals surface area (Å²) in [4.78, 5) is 39.0. The molecule has 3 amide bonds. The van der Waals surface area contributed by atoms with Gasteiger partial charge in [-0.25, -0.2) is 0 Å². The number of hydrogen-bond acceptors (Lipinski definition) is 5. The molecule has 0 saturated carbocycles. The molecule has 0 atom stereocenters. The van der Waals surface area contributed by atoms with Crippen molar-refractivity contribution in [3.63, 3.8) is 0 Å². The Labute approximate surface area is 210 Å². The smallest absolute Gasteiger partial charge is 0.254 e. The molecule has 1 fully saturated rings. The monoisotopic (exact) mass is 486 g/mol. The standard InChI is InChI=1S/C28H30N4O4/c33-26(14-9-21-5-2-1-3-6-21)30-23-10-12-24(13-11-23)31-27(34)20-29-25-8-4-7-22(19-25)28(35)32-15-17-36-18-16-32/h1-8,10-13,19,29H,9,14-18,20H2,(H,30,33)(H,31,34). The van der Waals surface area contributed by atoms with E-state index in [-0.39, 0.29) is 24.3 Å². The molecule has 0 bridgehead atoms. The summed E-state index contributed by atoms with van der Waals surface area (Å²) in [7, 11) is 0. The van der Waals surface area contributed by atoms with Crippen LogP contribution < -0.4 is 16.0 Å². The van der Waals surface area contributed by atoms with E-state index in [0.29, 0.717) is 61.8 Å². The van der Waals surface area contributed by atoms with E-state index in [1.807, 2.05) is 36.4 Å². The van der Waals surface area contributed by atoms with E-state index in [0.717, 1.165) is 5.56 Å². The van der Waals surface area contributed by atoms with Gasteiger partial charge < -0.3 is 25.6 Å². The number of rotatable bonds is 9. The van der Waals surface area contributed by atoms with Crippen LogP contribution in [-0.2, 0) is 20.7 Å². The lowest BCUT2D eigenvalue weighted by molar-refractivity contribution is -0.116. The van der Waals surface area contributed by atoms with Crippen LogP contribution >= 0.6 is 0 Å². The maximum absolute atomic E-state index is 12.7. The molecule has 0 unspecified atom stereocenters. The van der Waals surface area contributed by atoms with Crippen molar-refractivity contribution in [1.82, 2.24) is 4.90 Å². The molecule has 4 rings (SSSR count). The number of hydrogen-bond donors (Lipinski definition) is 3. The molecule has 0 aliphatic carbocycles. The number of aryl methyl sites for hydroxylation is 1. The molecule has 3 aromatic carbocycles. The van der Waals surface area contributed by atoms with Crippen LogP contribution in [0.1, 0.15) is 22.3 Å². The number of ether oxygens (including phenoxy) is 1. The van der Waals surface area contributed by atoms with E-state index in [2.05, 4.69) is 16.0 Å². The zero-order valence-corrected chi connectivity index (χ0v) is 20.0. The van der Waals surface area contributed by atoms with Crippen LogP contribution in [0.25, 0.3) is 0 Å². The number of benzene rings is 3. The molecule has 8 nitrogen and oxygen atoms in total. The predicted octanol–water partition coefficient (Wildman–Crippen LogP) is 3.78. The minimum Gasteiger partial charge on any atom is -0.378 e. The molecule has 1 saturated heterocycles. The van der Waals surface area contributed by atoms with Gasteiger partial charge in [-0.05, 0) is 54.4 Å². The summed E-state index contributed by atoms with van der Waals surface area (Å²) >= 11 is 0. The molecule has 1 aliphatic heterocycles. The Kier molecular flexibility index (Phi) is 8.67. The lowest BCUT2D eigenvalue weighted by atomic mass is 10.1. The Balaban J connectivity index is 1.22. The molecule has 1 aliphatic rings. The predicted molar refractivity (Wildman–Crippen MR) is 140 cm³/mol.